The van der Waals surface area contributed by atoms with Crippen LogP contribution in [0.5, 0.6) is 0 Å². The number of hydrogen-bond acceptors (Lipinski definition) is 7. The molecule has 0 unspecified atom stereocenters. The van der Waals surface area contributed by atoms with E-state index in [4.69, 9.17) is 9.47 Å². The van der Waals surface area contributed by atoms with Crippen LogP contribution < -0.4 is 15.8 Å². The van der Waals surface area contributed by atoms with E-state index < -0.39 is 35.3 Å². The highest BCUT2D eigenvalue weighted by atomic mass is 19.4. The van der Waals surface area contributed by atoms with Crippen LogP contribution in [0.4, 0.5) is 24.5 Å². The fourth-order valence-corrected chi connectivity index (χ4v) is 3.67. The molecular formula is C23H21F3N4O5. The second kappa shape index (κ2) is 9.74. The predicted molar refractivity (Wildman–Crippen MR) is 120 cm³/mol. The molecule has 12 heteroatoms. The van der Waals surface area contributed by atoms with E-state index in [0.29, 0.717) is 32.0 Å². The highest BCUT2D eigenvalue weighted by molar-refractivity contribution is 6.04. The molecule has 3 aromatic rings. The summed E-state index contributed by atoms with van der Waals surface area (Å²) < 4.78 is 50.4. The number of aromatic amines is 1. The third-order valence-electron chi connectivity index (χ3n) is 5.48. The van der Waals surface area contributed by atoms with E-state index in [0.717, 1.165) is 12.1 Å². The van der Waals surface area contributed by atoms with Gasteiger partial charge in [0.1, 0.15) is 0 Å². The van der Waals surface area contributed by atoms with Crippen LogP contribution in [-0.2, 0) is 20.4 Å². The van der Waals surface area contributed by atoms with Crippen LogP contribution in [0, 0.1) is 0 Å². The van der Waals surface area contributed by atoms with Gasteiger partial charge in [0, 0.05) is 18.5 Å². The average molecular weight is 490 g/mol. The molecule has 0 bridgehead atoms. The van der Waals surface area contributed by atoms with Crippen molar-refractivity contribution in [3.63, 3.8) is 0 Å². The van der Waals surface area contributed by atoms with Crippen LogP contribution in [0.15, 0.2) is 47.3 Å². The number of halogens is 3. The van der Waals surface area contributed by atoms with Gasteiger partial charge >= 0.3 is 12.1 Å². The van der Waals surface area contributed by atoms with E-state index in [2.05, 4.69) is 15.5 Å². The van der Waals surface area contributed by atoms with Crippen LogP contribution in [0.25, 0.3) is 10.8 Å². The maximum atomic E-state index is 13.3. The monoisotopic (exact) mass is 490 g/mol. The van der Waals surface area contributed by atoms with Crippen LogP contribution in [0.3, 0.4) is 0 Å². The van der Waals surface area contributed by atoms with Gasteiger partial charge in [0.15, 0.2) is 11.8 Å². The maximum Gasteiger partial charge on any atom is 0.416 e. The SMILES string of the molecule is C[C@@H](OC(=O)c1n[nH]c(=O)c2ccccc12)C(=O)Nc1cc(C(F)(F)F)ccc1N1CCOCC1. The first kappa shape index (κ1) is 24.2. The lowest BCUT2D eigenvalue weighted by atomic mass is 10.1. The molecule has 1 aromatic heterocycles. The number of esters is 1. The molecule has 35 heavy (non-hydrogen) atoms. The van der Waals surface area contributed by atoms with Crippen molar-refractivity contribution in [2.45, 2.75) is 19.2 Å². The lowest BCUT2D eigenvalue weighted by Gasteiger charge is -2.31. The number of alkyl halides is 3. The zero-order valence-corrected chi connectivity index (χ0v) is 18.5. The molecule has 2 heterocycles. The number of nitrogens with one attached hydrogen (secondary N) is 2. The number of H-pyrrole nitrogens is 1. The third-order valence-corrected chi connectivity index (χ3v) is 5.48. The van der Waals surface area contributed by atoms with Crippen molar-refractivity contribution >= 4 is 34.0 Å². The van der Waals surface area contributed by atoms with E-state index >= 15 is 0 Å². The van der Waals surface area contributed by atoms with Gasteiger partial charge in [-0.05, 0) is 31.2 Å². The summed E-state index contributed by atoms with van der Waals surface area (Å²) in [7, 11) is 0. The lowest BCUT2D eigenvalue weighted by Crippen LogP contribution is -2.37. The van der Waals surface area contributed by atoms with Crippen molar-refractivity contribution in [3.05, 3.63) is 64.1 Å². The van der Waals surface area contributed by atoms with E-state index in [-0.39, 0.29) is 22.2 Å². The molecule has 2 aromatic carbocycles. The van der Waals surface area contributed by atoms with Crippen molar-refractivity contribution in [3.8, 4) is 0 Å². The largest absolute Gasteiger partial charge is 0.448 e. The van der Waals surface area contributed by atoms with Crippen LogP contribution in [0.1, 0.15) is 23.0 Å². The summed E-state index contributed by atoms with van der Waals surface area (Å²) in [5.74, 6) is -1.81. The first-order chi connectivity index (χ1) is 16.6. The molecular weight excluding hydrogens is 469 g/mol. The Labute approximate surface area is 196 Å². The molecule has 1 atom stereocenters. The highest BCUT2D eigenvalue weighted by Crippen LogP contribution is 2.36. The second-order valence-corrected chi connectivity index (χ2v) is 7.81. The third kappa shape index (κ3) is 5.27. The van der Waals surface area contributed by atoms with Gasteiger partial charge in [0.05, 0.1) is 35.5 Å². The molecule has 1 aliphatic heterocycles. The smallest absolute Gasteiger partial charge is 0.416 e. The fourth-order valence-electron chi connectivity index (χ4n) is 3.67. The van der Waals surface area contributed by atoms with Crippen molar-refractivity contribution in [2.24, 2.45) is 0 Å². The quantitative estimate of drug-likeness (QED) is 0.529. The number of anilines is 2. The van der Waals surface area contributed by atoms with E-state index in [1.54, 1.807) is 17.0 Å². The Bertz CT molecular complexity index is 1320. The fraction of sp³-hybridized carbons (Fsp3) is 0.304. The predicted octanol–water partition coefficient (Wildman–Crippen LogP) is 2.96. The Morgan fingerprint density at radius 2 is 1.83 bits per heavy atom. The van der Waals surface area contributed by atoms with Crippen molar-refractivity contribution in [1.29, 1.82) is 0 Å². The Hall–Kier alpha value is -3.93. The number of aromatic nitrogens is 2. The Morgan fingerprint density at radius 3 is 2.51 bits per heavy atom. The van der Waals surface area contributed by atoms with Crippen LogP contribution >= 0.6 is 0 Å². The van der Waals surface area contributed by atoms with E-state index in [9.17, 15) is 27.6 Å². The highest BCUT2D eigenvalue weighted by Gasteiger charge is 2.32. The number of amides is 1. The first-order valence-electron chi connectivity index (χ1n) is 10.7. The minimum atomic E-state index is -4.61. The number of ether oxygens (including phenoxy) is 2. The second-order valence-electron chi connectivity index (χ2n) is 7.81. The molecule has 2 N–H and O–H groups in total. The number of hydrogen-bond donors (Lipinski definition) is 2. The lowest BCUT2D eigenvalue weighted by molar-refractivity contribution is -0.137. The maximum absolute atomic E-state index is 13.3. The summed E-state index contributed by atoms with van der Waals surface area (Å²) in [6.07, 6.45) is -5.99. The molecule has 9 nitrogen and oxygen atoms in total. The van der Waals surface area contributed by atoms with Gasteiger partial charge in [0.2, 0.25) is 0 Å². The number of carbonyl (C=O) groups excluding carboxylic acids is 2. The Balaban J connectivity index is 1.56. The summed E-state index contributed by atoms with van der Waals surface area (Å²) in [6, 6.07) is 9.31. The topological polar surface area (TPSA) is 114 Å². The summed E-state index contributed by atoms with van der Waals surface area (Å²) in [5.41, 5.74) is -1.31. The van der Waals surface area contributed by atoms with Gasteiger partial charge in [-0.25, -0.2) is 9.89 Å². The molecule has 0 spiro atoms. The van der Waals surface area contributed by atoms with Gasteiger partial charge < -0.3 is 19.7 Å². The van der Waals surface area contributed by atoms with Crippen molar-refractivity contribution < 1.29 is 32.2 Å². The summed E-state index contributed by atoms with van der Waals surface area (Å²) in [4.78, 5) is 39.2. The number of morpholine rings is 1. The van der Waals surface area contributed by atoms with Gasteiger partial charge in [-0.2, -0.15) is 18.3 Å². The van der Waals surface area contributed by atoms with E-state index in [1.807, 2.05) is 0 Å². The number of rotatable bonds is 5. The Morgan fingerprint density at radius 1 is 1.14 bits per heavy atom. The standard InChI is InChI=1S/C23H21F3N4O5/c1-13(35-22(33)19-15-4-2-3-5-16(15)21(32)29-28-19)20(31)27-17-12-14(23(24,25)26)6-7-18(17)30-8-10-34-11-9-30/h2-7,12-13H,8-11H2,1H3,(H,27,31)(H,29,32)/t13-/m1/s1. The number of carbonyl (C=O) groups is 2. The number of fused-ring (bicyclic) bond motifs is 1. The van der Waals surface area contributed by atoms with Crippen molar-refractivity contribution in [1.82, 2.24) is 10.2 Å². The van der Waals surface area contributed by atoms with Gasteiger partial charge in [-0.15, -0.1) is 0 Å². The van der Waals surface area contributed by atoms with Gasteiger partial charge in [-0.1, -0.05) is 18.2 Å². The average Bonchev–Trinajstić information content (AvgIpc) is 2.84. The molecule has 1 aliphatic rings. The Kier molecular flexibility index (Phi) is 6.74. The molecule has 0 radical (unpaired) electrons. The number of nitrogens with zero attached hydrogens (tertiary/aromatic N) is 2. The summed E-state index contributed by atoms with van der Waals surface area (Å²) in [5, 5.41) is 8.83. The molecule has 0 aliphatic carbocycles. The normalized spacial score (nSPS) is 15.0. The van der Waals surface area contributed by atoms with Gasteiger partial charge in [0.25, 0.3) is 11.5 Å². The summed E-state index contributed by atoms with van der Waals surface area (Å²) >= 11 is 0. The number of benzene rings is 2. The molecule has 4 rings (SSSR count). The zero-order chi connectivity index (χ0) is 25.2. The van der Waals surface area contributed by atoms with Crippen molar-refractivity contribution in [2.75, 3.05) is 36.5 Å². The molecule has 1 fully saturated rings. The minimum absolute atomic E-state index is 0.0674. The molecule has 0 saturated carbocycles. The van der Waals surface area contributed by atoms with Crippen LogP contribution in [0.2, 0.25) is 0 Å². The minimum Gasteiger partial charge on any atom is -0.448 e. The molecule has 184 valence electrons. The van der Waals surface area contributed by atoms with E-state index in [1.165, 1.54) is 25.1 Å². The van der Waals surface area contributed by atoms with Gasteiger partial charge in [-0.3, -0.25) is 9.59 Å². The molecule has 1 amide bonds. The van der Waals surface area contributed by atoms with Crippen LogP contribution in [-0.4, -0.2) is 54.5 Å². The first-order valence-corrected chi connectivity index (χ1v) is 10.7. The summed E-state index contributed by atoms with van der Waals surface area (Å²) in [6.45, 7) is 2.93. The molecule has 1 saturated heterocycles. The zero-order valence-electron chi connectivity index (χ0n) is 18.5.